The summed E-state index contributed by atoms with van der Waals surface area (Å²) < 4.78 is 7.28. The lowest BCUT2D eigenvalue weighted by Crippen LogP contribution is -2.33. The second-order valence-corrected chi connectivity index (χ2v) is 6.12. The van der Waals surface area contributed by atoms with Crippen molar-refractivity contribution in [1.29, 1.82) is 0 Å². The van der Waals surface area contributed by atoms with Crippen LogP contribution in [0.5, 0.6) is 5.88 Å². The Morgan fingerprint density at radius 2 is 1.95 bits per heavy atom. The number of ether oxygens (including phenoxy) is 1. The van der Waals surface area contributed by atoms with Crippen molar-refractivity contribution in [3.8, 4) is 5.88 Å². The second kappa shape index (κ2) is 7.11. The van der Waals surface area contributed by atoms with E-state index in [1.54, 1.807) is 7.11 Å². The molecule has 1 aromatic rings. The number of nitrogens with zero attached hydrogens (tertiary/aromatic N) is 2. The Bertz CT molecular complexity index is 420. The van der Waals surface area contributed by atoms with Crippen LogP contribution in [0, 0.1) is 12.8 Å². The van der Waals surface area contributed by atoms with Crippen LogP contribution in [0.4, 0.5) is 0 Å². The summed E-state index contributed by atoms with van der Waals surface area (Å²) >= 11 is 0. The van der Waals surface area contributed by atoms with Gasteiger partial charge in [-0.25, -0.2) is 4.68 Å². The van der Waals surface area contributed by atoms with Crippen LogP contribution in [0.15, 0.2) is 0 Å². The molecule has 1 aliphatic rings. The number of rotatable bonds is 5. The highest BCUT2D eigenvalue weighted by atomic mass is 16.5. The molecule has 1 aromatic heterocycles. The molecule has 0 bridgehead atoms. The average molecular weight is 279 g/mol. The predicted molar refractivity (Wildman–Crippen MR) is 82.0 cm³/mol. The summed E-state index contributed by atoms with van der Waals surface area (Å²) in [5.74, 6) is 1.70. The summed E-state index contributed by atoms with van der Waals surface area (Å²) in [5.41, 5.74) is 2.25. The van der Waals surface area contributed by atoms with Crippen LogP contribution < -0.4 is 10.1 Å². The number of hydrogen-bond donors (Lipinski definition) is 1. The van der Waals surface area contributed by atoms with Gasteiger partial charge in [-0.3, -0.25) is 0 Å². The van der Waals surface area contributed by atoms with Crippen LogP contribution in [-0.4, -0.2) is 22.9 Å². The van der Waals surface area contributed by atoms with E-state index in [4.69, 9.17) is 4.74 Å². The zero-order valence-corrected chi connectivity index (χ0v) is 13.4. The lowest BCUT2D eigenvalue weighted by Gasteiger charge is -2.23. The molecule has 0 radical (unpaired) electrons. The van der Waals surface area contributed by atoms with Gasteiger partial charge in [0.2, 0.25) is 5.88 Å². The number of methoxy groups -OCH3 is 1. The van der Waals surface area contributed by atoms with Crippen molar-refractivity contribution in [1.82, 2.24) is 15.1 Å². The van der Waals surface area contributed by atoms with Gasteiger partial charge in [0.15, 0.2) is 0 Å². The standard InChI is InChI=1S/C16H29N3O/c1-12(14-9-7-5-6-8-10-14)17-11-15-13(2)18-19(3)16(15)20-4/h12,14,17H,5-11H2,1-4H3/t12-/m0/s1. The van der Waals surface area contributed by atoms with Gasteiger partial charge in [-0.15, -0.1) is 0 Å². The number of aryl methyl sites for hydroxylation is 2. The highest BCUT2D eigenvalue weighted by Gasteiger charge is 2.20. The molecule has 1 aliphatic carbocycles. The minimum absolute atomic E-state index is 0.567. The summed E-state index contributed by atoms with van der Waals surface area (Å²) in [6.07, 6.45) is 8.37. The van der Waals surface area contributed by atoms with Gasteiger partial charge in [0.05, 0.1) is 18.4 Å². The molecule has 0 spiro atoms. The van der Waals surface area contributed by atoms with E-state index < -0.39 is 0 Å². The molecular formula is C16H29N3O. The van der Waals surface area contributed by atoms with E-state index in [0.29, 0.717) is 6.04 Å². The monoisotopic (exact) mass is 279 g/mol. The highest BCUT2D eigenvalue weighted by Crippen LogP contribution is 2.26. The molecule has 0 amide bonds. The van der Waals surface area contributed by atoms with Crippen LogP contribution in [0.3, 0.4) is 0 Å². The molecule has 2 rings (SSSR count). The zero-order chi connectivity index (χ0) is 14.5. The Labute approximate surface area is 122 Å². The Morgan fingerprint density at radius 3 is 2.55 bits per heavy atom. The fourth-order valence-corrected chi connectivity index (χ4v) is 3.38. The molecule has 20 heavy (non-hydrogen) atoms. The van der Waals surface area contributed by atoms with E-state index in [9.17, 15) is 0 Å². The maximum Gasteiger partial charge on any atom is 0.216 e. The van der Waals surface area contributed by atoms with Crippen molar-refractivity contribution in [3.63, 3.8) is 0 Å². The summed E-state index contributed by atoms with van der Waals surface area (Å²) in [5, 5.41) is 8.13. The normalized spacial score (nSPS) is 18.8. The average Bonchev–Trinajstić information content (AvgIpc) is 2.64. The molecule has 1 heterocycles. The number of hydrogen-bond acceptors (Lipinski definition) is 3. The predicted octanol–water partition coefficient (Wildman–Crippen LogP) is 3.19. The van der Waals surface area contributed by atoms with Crippen molar-refractivity contribution in [2.24, 2.45) is 13.0 Å². The second-order valence-electron chi connectivity index (χ2n) is 6.12. The van der Waals surface area contributed by atoms with E-state index >= 15 is 0 Å². The number of aromatic nitrogens is 2. The van der Waals surface area contributed by atoms with E-state index in [1.165, 1.54) is 44.1 Å². The third-order valence-electron chi connectivity index (χ3n) is 4.69. The summed E-state index contributed by atoms with van der Waals surface area (Å²) in [6, 6.07) is 0.567. The van der Waals surface area contributed by atoms with Crippen LogP contribution in [0.25, 0.3) is 0 Å². The van der Waals surface area contributed by atoms with Gasteiger partial charge in [-0.05, 0) is 32.6 Å². The molecule has 114 valence electrons. The van der Waals surface area contributed by atoms with Gasteiger partial charge in [0.25, 0.3) is 0 Å². The summed E-state index contributed by atoms with van der Waals surface area (Å²) in [7, 11) is 3.65. The summed E-state index contributed by atoms with van der Waals surface area (Å²) in [6.45, 7) is 5.23. The topological polar surface area (TPSA) is 39.1 Å². The van der Waals surface area contributed by atoms with Crippen LogP contribution in [0.1, 0.15) is 56.7 Å². The minimum atomic E-state index is 0.567. The van der Waals surface area contributed by atoms with Gasteiger partial charge < -0.3 is 10.1 Å². The van der Waals surface area contributed by atoms with Crippen molar-refractivity contribution in [3.05, 3.63) is 11.3 Å². The molecule has 0 unspecified atom stereocenters. The fourth-order valence-electron chi connectivity index (χ4n) is 3.38. The summed E-state index contributed by atoms with van der Waals surface area (Å²) in [4.78, 5) is 0. The molecule has 4 nitrogen and oxygen atoms in total. The number of nitrogens with one attached hydrogen (secondary N) is 1. The van der Waals surface area contributed by atoms with E-state index in [2.05, 4.69) is 24.3 Å². The Balaban J connectivity index is 1.94. The van der Waals surface area contributed by atoms with Crippen LogP contribution in [-0.2, 0) is 13.6 Å². The van der Waals surface area contributed by atoms with Crippen molar-refractivity contribution in [2.75, 3.05) is 7.11 Å². The SMILES string of the molecule is COc1c(CN[C@@H](C)C2CCCCCC2)c(C)nn1C. The quantitative estimate of drug-likeness (QED) is 0.841. The Hall–Kier alpha value is -1.03. The Morgan fingerprint density at radius 1 is 1.30 bits per heavy atom. The molecule has 1 N–H and O–H groups in total. The molecule has 1 fully saturated rings. The molecule has 1 atom stereocenters. The van der Waals surface area contributed by atoms with E-state index in [0.717, 1.165) is 24.0 Å². The lowest BCUT2D eigenvalue weighted by atomic mass is 9.93. The Kier molecular flexibility index (Phi) is 5.46. The smallest absolute Gasteiger partial charge is 0.216 e. The zero-order valence-electron chi connectivity index (χ0n) is 13.4. The molecule has 4 heteroatoms. The van der Waals surface area contributed by atoms with Crippen molar-refractivity contribution in [2.45, 2.75) is 65.0 Å². The molecule has 0 aliphatic heterocycles. The molecule has 0 saturated heterocycles. The maximum absolute atomic E-state index is 5.46. The van der Waals surface area contributed by atoms with Crippen LogP contribution >= 0.6 is 0 Å². The van der Waals surface area contributed by atoms with E-state index in [-0.39, 0.29) is 0 Å². The third kappa shape index (κ3) is 3.54. The largest absolute Gasteiger partial charge is 0.481 e. The van der Waals surface area contributed by atoms with Gasteiger partial charge in [-0.1, -0.05) is 25.7 Å². The lowest BCUT2D eigenvalue weighted by molar-refractivity contribution is 0.330. The molecular weight excluding hydrogens is 250 g/mol. The third-order valence-corrected chi connectivity index (χ3v) is 4.69. The van der Waals surface area contributed by atoms with Gasteiger partial charge in [-0.2, -0.15) is 5.10 Å². The van der Waals surface area contributed by atoms with Crippen molar-refractivity contribution < 1.29 is 4.74 Å². The van der Waals surface area contributed by atoms with Crippen LogP contribution in [0.2, 0.25) is 0 Å². The molecule has 0 aromatic carbocycles. The van der Waals surface area contributed by atoms with Gasteiger partial charge >= 0.3 is 0 Å². The van der Waals surface area contributed by atoms with E-state index in [1.807, 2.05) is 11.7 Å². The first kappa shape index (κ1) is 15.4. The van der Waals surface area contributed by atoms with Gasteiger partial charge in [0, 0.05) is 19.6 Å². The van der Waals surface area contributed by atoms with Crippen molar-refractivity contribution >= 4 is 0 Å². The van der Waals surface area contributed by atoms with Gasteiger partial charge in [0.1, 0.15) is 0 Å². The minimum Gasteiger partial charge on any atom is -0.481 e. The molecule has 1 saturated carbocycles. The first-order chi connectivity index (χ1) is 9.63. The first-order valence-electron chi connectivity index (χ1n) is 7.93. The first-order valence-corrected chi connectivity index (χ1v) is 7.93. The maximum atomic E-state index is 5.46. The highest BCUT2D eigenvalue weighted by molar-refractivity contribution is 5.30. The fraction of sp³-hybridized carbons (Fsp3) is 0.812.